The molecule has 3 aromatic heterocycles. The predicted octanol–water partition coefficient (Wildman–Crippen LogP) is 5.50. The van der Waals surface area contributed by atoms with Crippen LogP contribution in [-0.4, -0.2) is 14.9 Å². The van der Waals surface area contributed by atoms with Gasteiger partial charge in [0.2, 0.25) is 0 Å². The van der Waals surface area contributed by atoms with Crippen molar-refractivity contribution in [3.63, 3.8) is 0 Å². The highest BCUT2D eigenvalue weighted by Crippen LogP contribution is 2.43. The van der Waals surface area contributed by atoms with Crippen LogP contribution in [0.1, 0.15) is 65.0 Å². The van der Waals surface area contributed by atoms with Gasteiger partial charge in [-0.2, -0.15) is 16.6 Å². The number of hydrogen-bond donors (Lipinski definition) is 0. The molecule has 0 spiro atoms. The highest BCUT2D eigenvalue weighted by molar-refractivity contribution is 7.08. The van der Waals surface area contributed by atoms with Crippen molar-refractivity contribution in [3.05, 3.63) is 81.1 Å². The second-order valence-electron chi connectivity index (χ2n) is 7.47. The molecule has 0 amide bonds. The molecule has 1 saturated heterocycles. The fraction of sp³-hybridized carbons (Fsp3) is 0.348. The van der Waals surface area contributed by atoms with Crippen molar-refractivity contribution < 1.29 is 0 Å². The van der Waals surface area contributed by atoms with Crippen LogP contribution in [0.15, 0.2) is 47.4 Å². The van der Waals surface area contributed by atoms with Crippen molar-refractivity contribution in [3.8, 4) is 6.07 Å². The lowest BCUT2D eigenvalue weighted by molar-refractivity contribution is 0.0679. The summed E-state index contributed by atoms with van der Waals surface area (Å²) in [4.78, 5) is 12.0. The Bertz CT molecular complexity index is 950. The number of piperidine rings is 1. The zero-order valence-corrected chi connectivity index (χ0v) is 17.1. The highest BCUT2D eigenvalue weighted by Gasteiger charge is 2.35. The Balaban J connectivity index is 1.78. The van der Waals surface area contributed by atoms with E-state index in [0.717, 1.165) is 48.3 Å². The Hall–Kier alpha value is -2.55. The van der Waals surface area contributed by atoms with Gasteiger partial charge in [-0.15, -0.1) is 0 Å². The van der Waals surface area contributed by atoms with Crippen LogP contribution >= 0.6 is 11.3 Å². The number of hydrogen-bond acceptors (Lipinski definition) is 5. The molecule has 2 unspecified atom stereocenters. The molecule has 1 aliphatic rings. The summed E-state index contributed by atoms with van der Waals surface area (Å²) in [5.74, 6) is 0. The summed E-state index contributed by atoms with van der Waals surface area (Å²) in [7, 11) is 0. The van der Waals surface area contributed by atoms with Gasteiger partial charge in [0.15, 0.2) is 0 Å². The van der Waals surface area contributed by atoms with E-state index in [0.29, 0.717) is 0 Å². The number of aromatic nitrogens is 2. The Morgan fingerprint density at radius 3 is 2.18 bits per heavy atom. The number of thiophene rings is 1. The standard InChI is InChI=1S/C23H24N4S/c1-16-6-4-10-25-22(16)20-8-3-9-21(23-17(2)7-5-11-26-23)27(20)13-19-15-28-14-18(19)12-24/h4-7,10-11,14-15,20-21H,3,8-9,13H2,1-2H3. The smallest absolute Gasteiger partial charge is 0.100 e. The van der Waals surface area contributed by atoms with E-state index in [1.165, 1.54) is 11.1 Å². The summed E-state index contributed by atoms with van der Waals surface area (Å²) in [6, 6.07) is 11.1. The van der Waals surface area contributed by atoms with Gasteiger partial charge < -0.3 is 0 Å². The van der Waals surface area contributed by atoms with Gasteiger partial charge in [-0.25, -0.2) is 0 Å². The molecular formula is C23H24N4S. The largest absolute Gasteiger partial charge is 0.282 e. The van der Waals surface area contributed by atoms with Crippen LogP contribution in [0.25, 0.3) is 0 Å². The number of nitrogens with zero attached hydrogens (tertiary/aromatic N) is 4. The van der Waals surface area contributed by atoms with Crippen LogP contribution in [0.4, 0.5) is 0 Å². The molecule has 4 heterocycles. The quantitative estimate of drug-likeness (QED) is 0.592. The van der Waals surface area contributed by atoms with Crippen molar-refractivity contribution in [2.75, 3.05) is 0 Å². The van der Waals surface area contributed by atoms with Crippen LogP contribution < -0.4 is 0 Å². The van der Waals surface area contributed by atoms with E-state index >= 15 is 0 Å². The SMILES string of the molecule is Cc1cccnc1C1CCCC(c2ncccc2C)N1Cc1cscc1C#N. The topological polar surface area (TPSA) is 52.8 Å². The van der Waals surface area contributed by atoms with Gasteiger partial charge >= 0.3 is 0 Å². The monoisotopic (exact) mass is 388 g/mol. The Morgan fingerprint density at radius 2 is 1.64 bits per heavy atom. The number of likely N-dealkylation sites (tertiary alicyclic amines) is 1. The van der Waals surface area contributed by atoms with E-state index in [2.05, 4.69) is 42.3 Å². The van der Waals surface area contributed by atoms with Crippen molar-refractivity contribution in [1.29, 1.82) is 5.26 Å². The van der Waals surface area contributed by atoms with Crippen LogP contribution in [0.2, 0.25) is 0 Å². The van der Waals surface area contributed by atoms with Gasteiger partial charge in [0.25, 0.3) is 0 Å². The number of rotatable bonds is 4. The summed E-state index contributed by atoms with van der Waals surface area (Å²) in [5, 5.41) is 13.6. The molecule has 3 aromatic rings. The summed E-state index contributed by atoms with van der Waals surface area (Å²) in [6.07, 6.45) is 7.08. The molecule has 0 bridgehead atoms. The van der Waals surface area contributed by atoms with Crippen LogP contribution in [0, 0.1) is 25.2 Å². The molecule has 28 heavy (non-hydrogen) atoms. The lowest BCUT2D eigenvalue weighted by Gasteiger charge is -2.42. The van der Waals surface area contributed by atoms with Crippen LogP contribution in [0.3, 0.4) is 0 Å². The van der Waals surface area contributed by atoms with Gasteiger partial charge in [0.1, 0.15) is 6.07 Å². The van der Waals surface area contributed by atoms with E-state index < -0.39 is 0 Å². The van der Waals surface area contributed by atoms with Gasteiger partial charge in [-0.05, 0) is 67.3 Å². The van der Waals surface area contributed by atoms with Crippen molar-refractivity contribution in [1.82, 2.24) is 14.9 Å². The fourth-order valence-electron chi connectivity index (χ4n) is 4.30. The van der Waals surface area contributed by atoms with E-state index in [1.54, 1.807) is 11.3 Å². The summed E-state index contributed by atoms with van der Waals surface area (Å²) in [6.45, 7) is 5.02. The minimum absolute atomic E-state index is 0.229. The molecule has 5 heteroatoms. The van der Waals surface area contributed by atoms with Crippen LogP contribution in [0.5, 0.6) is 0 Å². The Kier molecular flexibility index (Phi) is 5.52. The van der Waals surface area contributed by atoms with Crippen molar-refractivity contribution >= 4 is 11.3 Å². The predicted molar refractivity (Wildman–Crippen MR) is 112 cm³/mol. The van der Waals surface area contributed by atoms with Crippen molar-refractivity contribution in [2.24, 2.45) is 0 Å². The number of pyridine rings is 2. The molecular weight excluding hydrogens is 364 g/mol. The minimum Gasteiger partial charge on any atom is -0.282 e. The third-order valence-corrected chi connectivity index (χ3v) is 6.49. The zero-order valence-electron chi connectivity index (χ0n) is 16.3. The first-order valence-corrected chi connectivity index (χ1v) is 10.7. The first-order chi connectivity index (χ1) is 13.7. The summed E-state index contributed by atoms with van der Waals surface area (Å²) in [5.41, 5.74) is 6.63. The molecule has 0 aromatic carbocycles. The normalized spacial score (nSPS) is 20.0. The molecule has 142 valence electrons. The van der Waals surface area contributed by atoms with E-state index in [9.17, 15) is 5.26 Å². The van der Waals surface area contributed by atoms with Crippen molar-refractivity contribution in [2.45, 2.75) is 51.7 Å². The lowest BCUT2D eigenvalue weighted by atomic mass is 9.88. The van der Waals surface area contributed by atoms with Gasteiger partial charge in [-0.3, -0.25) is 14.9 Å². The second kappa shape index (κ2) is 8.22. The summed E-state index contributed by atoms with van der Waals surface area (Å²) < 4.78 is 0. The molecule has 0 saturated carbocycles. The molecule has 1 fully saturated rings. The third kappa shape index (κ3) is 3.58. The maximum atomic E-state index is 9.50. The molecule has 2 atom stereocenters. The van der Waals surface area contributed by atoms with Gasteiger partial charge in [-0.1, -0.05) is 12.1 Å². The molecule has 0 N–H and O–H groups in total. The van der Waals surface area contributed by atoms with Crippen LogP contribution in [-0.2, 0) is 6.54 Å². The average molecular weight is 389 g/mol. The maximum Gasteiger partial charge on any atom is 0.100 e. The Morgan fingerprint density at radius 1 is 1.04 bits per heavy atom. The fourth-order valence-corrected chi connectivity index (χ4v) is 5.07. The highest BCUT2D eigenvalue weighted by atomic mass is 32.1. The molecule has 4 nitrogen and oxygen atoms in total. The molecule has 4 rings (SSSR count). The summed E-state index contributed by atoms with van der Waals surface area (Å²) >= 11 is 1.60. The first-order valence-electron chi connectivity index (χ1n) is 9.73. The maximum absolute atomic E-state index is 9.50. The van der Waals surface area contributed by atoms with E-state index in [-0.39, 0.29) is 12.1 Å². The molecule has 0 radical (unpaired) electrons. The average Bonchev–Trinajstić information content (AvgIpc) is 3.16. The number of aryl methyl sites for hydroxylation is 2. The second-order valence-corrected chi connectivity index (χ2v) is 8.21. The lowest BCUT2D eigenvalue weighted by Crippen LogP contribution is -2.37. The molecule has 1 aliphatic heterocycles. The third-order valence-electron chi connectivity index (χ3n) is 5.70. The zero-order chi connectivity index (χ0) is 19.5. The minimum atomic E-state index is 0.229. The van der Waals surface area contributed by atoms with Gasteiger partial charge in [0.05, 0.1) is 29.0 Å². The van der Waals surface area contributed by atoms with E-state index in [1.807, 2.05) is 29.9 Å². The molecule has 0 aliphatic carbocycles. The van der Waals surface area contributed by atoms with Gasteiger partial charge in [0, 0.05) is 24.3 Å². The number of nitriles is 1. The first kappa shape index (κ1) is 18.8. The Labute approximate surface area is 170 Å². The van der Waals surface area contributed by atoms with E-state index in [4.69, 9.17) is 9.97 Å².